The van der Waals surface area contributed by atoms with E-state index in [0.717, 1.165) is 11.1 Å². The third kappa shape index (κ3) is 3.19. The van der Waals surface area contributed by atoms with E-state index in [1.807, 2.05) is 30.3 Å². The summed E-state index contributed by atoms with van der Waals surface area (Å²) in [5.41, 5.74) is 7.53. The van der Waals surface area contributed by atoms with Crippen LogP contribution in [0, 0.1) is 0 Å². The maximum Gasteiger partial charge on any atom is 0.164 e. The van der Waals surface area contributed by atoms with Gasteiger partial charge < -0.3 is 20.9 Å². The number of benzene rings is 2. The van der Waals surface area contributed by atoms with E-state index in [-0.39, 0.29) is 16.9 Å². The van der Waals surface area contributed by atoms with Crippen LogP contribution in [0.15, 0.2) is 48.5 Å². The summed E-state index contributed by atoms with van der Waals surface area (Å²) in [6.45, 7) is 0. The molecule has 0 aliphatic rings. The van der Waals surface area contributed by atoms with Crippen LogP contribution in [0.25, 0.3) is 0 Å². The molecule has 0 fully saturated rings. The van der Waals surface area contributed by atoms with Crippen LogP contribution < -0.4 is 15.8 Å². The number of phenols is 1. The zero-order chi connectivity index (χ0) is 14.5. The van der Waals surface area contributed by atoms with E-state index < -0.39 is 0 Å². The van der Waals surface area contributed by atoms with Crippen molar-refractivity contribution in [3.05, 3.63) is 59.7 Å². The number of aromatic hydroxyl groups is 1. The molecule has 4 nitrogen and oxygen atoms in total. The Morgan fingerprint density at radius 1 is 1.20 bits per heavy atom. The van der Waals surface area contributed by atoms with Crippen molar-refractivity contribution < 1.29 is 9.84 Å². The Labute approximate surface area is 123 Å². The van der Waals surface area contributed by atoms with Gasteiger partial charge in [-0.3, -0.25) is 0 Å². The van der Waals surface area contributed by atoms with Gasteiger partial charge in [0, 0.05) is 0 Å². The van der Waals surface area contributed by atoms with Crippen LogP contribution in [0.3, 0.4) is 0 Å². The summed E-state index contributed by atoms with van der Waals surface area (Å²) < 4.78 is 5.13. The molecule has 2 aromatic rings. The number of ether oxygens (including phenoxy) is 1. The average Bonchev–Trinajstić information content (AvgIpc) is 2.46. The first-order valence-electron chi connectivity index (χ1n) is 6.09. The van der Waals surface area contributed by atoms with Crippen LogP contribution >= 0.6 is 12.2 Å². The molecule has 5 heteroatoms. The Balaban J connectivity index is 2.44. The van der Waals surface area contributed by atoms with Crippen molar-refractivity contribution in [1.82, 2.24) is 5.32 Å². The SMILES string of the molecule is COc1cc(C(NC(N)=S)c2ccccc2)ccc1O. The molecule has 1 atom stereocenters. The molecule has 0 spiro atoms. The first-order valence-corrected chi connectivity index (χ1v) is 6.50. The molecule has 4 N–H and O–H groups in total. The molecule has 0 radical (unpaired) electrons. The summed E-state index contributed by atoms with van der Waals surface area (Å²) in [4.78, 5) is 0. The summed E-state index contributed by atoms with van der Waals surface area (Å²) in [5, 5.41) is 12.9. The van der Waals surface area contributed by atoms with Crippen LogP contribution in [0.2, 0.25) is 0 Å². The Hall–Kier alpha value is -2.27. The summed E-state index contributed by atoms with van der Waals surface area (Å²) in [6, 6.07) is 14.8. The van der Waals surface area contributed by atoms with Gasteiger partial charge in [-0.05, 0) is 35.5 Å². The zero-order valence-electron chi connectivity index (χ0n) is 11.0. The fourth-order valence-corrected chi connectivity index (χ4v) is 2.14. The van der Waals surface area contributed by atoms with E-state index in [9.17, 15) is 5.11 Å². The quantitative estimate of drug-likeness (QED) is 0.753. The molecule has 1 unspecified atom stereocenters. The predicted molar refractivity (Wildman–Crippen MR) is 82.9 cm³/mol. The van der Waals surface area contributed by atoms with E-state index >= 15 is 0 Å². The minimum Gasteiger partial charge on any atom is -0.504 e. The normalized spacial score (nSPS) is 11.7. The third-order valence-corrected chi connectivity index (χ3v) is 3.07. The maximum absolute atomic E-state index is 9.67. The standard InChI is InChI=1S/C15H16N2O2S/c1-19-13-9-11(7-8-12(13)18)14(17-15(16)20)10-5-3-2-4-6-10/h2-9,14,18H,1H3,(H3,16,17,20). The lowest BCUT2D eigenvalue weighted by molar-refractivity contribution is 0.372. The lowest BCUT2D eigenvalue weighted by atomic mass is 9.98. The molecule has 2 aromatic carbocycles. The molecular weight excluding hydrogens is 272 g/mol. The molecule has 0 aliphatic heterocycles. The van der Waals surface area contributed by atoms with Gasteiger partial charge in [-0.1, -0.05) is 36.4 Å². The van der Waals surface area contributed by atoms with Gasteiger partial charge in [0.25, 0.3) is 0 Å². The Kier molecular flexibility index (Phi) is 4.42. The van der Waals surface area contributed by atoms with Crippen LogP contribution in [0.1, 0.15) is 17.2 Å². The van der Waals surface area contributed by atoms with Gasteiger partial charge in [-0.25, -0.2) is 0 Å². The number of methoxy groups -OCH3 is 1. The van der Waals surface area contributed by atoms with Gasteiger partial charge in [0.2, 0.25) is 0 Å². The first-order chi connectivity index (χ1) is 9.61. The smallest absolute Gasteiger partial charge is 0.164 e. The van der Waals surface area contributed by atoms with Gasteiger partial charge in [0.1, 0.15) is 0 Å². The second-order valence-corrected chi connectivity index (χ2v) is 4.72. The number of hydrogen-bond donors (Lipinski definition) is 3. The van der Waals surface area contributed by atoms with Crippen molar-refractivity contribution in [2.75, 3.05) is 7.11 Å². The first kappa shape index (κ1) is 14.1. The highest BCUT2D eigenvalue weighted by Crippen LogP contribution is 2.31. The second kappa shape index (κ2) is 6.25. The largest absolute Gasteiger partial charge is 0.504 e. The minimum atomic E-state index is -0.191. The van der Waals surface area contributed by atoms with Crippen molar-refractivity contribution in [2.24, 2.45) is 5.73 Å². The molecule has 0 heterocycles. The average molecular weight is 288 g/mol. The molecule has 0 bridgehead atoms. The van der Waals surface area contributed by atoms with Gasteiger partial charge in [0.15, 0.2) is 16.6 Å². The number of hydrogen-bond acceptors (Lipinski definition) is 3. The summed E-state index contributed by atoms with van der Waals surface area (Å²) >= 11 is 4.94. The van der Waals surface area contributed by atoms with E-state index in [4.69, 9.17) is 22.7 Å². The molecule has 20 heavy (non-hydrogen) atoms. The molecule has 0 aromatic heterocycles. The second-order valence-electron chi connectivity index (χ2n) is 4.28. The van der Waals surface area contributed by atoms with Gasteiger partial charge >= 0.3 is 0 Å². The number of thiocarbonyl (C=S) groups is 1. The molecular formula is C15H16N2O2S. The minimum absolute atomic E-state index is 0.0957. The highest BCUT2D eigenvalue weighted by atomic mass is 32.1. The van der Waals surface area contributed by atoms with Gasteiger partial charge in [-0.2, -0.15) is 0 Å². The molecule has 104 valence electrons. The summed E-state index contributed by atoms with van der Waals surface area (Å²) in [6.07, 6.45) is 0. The maximum atomic E-state index is 9.67. The van der Waals surface area contributed by atoms with E-state index in [0.29, 0.717) is 5.75 Å². The number of phenolic OH excluding ortho intramolecular Hbond substituents is 1. The van der Waals surface area contributed by atoms with Crippen molar-refractivity contribution in [1.29, 1.82) is 0 Å². The van der Waals surface area contributed by atoms with Gasteiger partial charge in [0.05, 0.1) is 13.2 Å². The zero-order valence-corrected chi connectivity index (χ0v) is 11.9. The molecule has 2 rings (SSSR count). The highest BCUT2D eigenvalue weighted by molar-refractivity contribution is 7.80. The number of nitrogens with two attached hydrogens (primary N) is 1. The van der Waals surface area contributed by atoms with Crippen molar-refractivity contribution in [3.63, 3.8) is 0 Å². The monoisotopic (exact) mass is 288 g/mol. The Morgan fingerprint density at radius 2 is 1.90 bits per heavy atom. The lowest BCUT2D eigenvalue weighted by Gasteiger charge is -2.20. The fourth-order valence-electron chi connectivity index (χ4n) is 2.02. The van der Waals surface area contributed by atoms with Crippen LogP contribution in [0.4, 0.5) is 0 Å². The number of nitrogens with one attached hydrogen (secondary N) is 1. The summed E-state index contributed by atoms with van der Waals surface area (Å²) in [5.74, 6) is 0.506. The van der Waals surface area contributed by atoms with Crippen LogP contribution in [-0.2, 0) is 0 Å². The van der Waals surface area contributed by atoms with Crippen molar-refractivity contribution in [3.8, 4) is 11.5 Å². The topological polar surface area (TPSA) is 67.5 Å². The Bertz CT molecular complexity index is 602. The highest BCUT2D eigenvalue weighted by Gasteiger charge is 2.16. The molecule has 0 saturated heterocycles. The van der Waals surface area contributed by atoms with Crippen LogP contribution in [0.5, 0.6) is 11.5 Å². The van der Waals surface area contributed by atoms with Crippen LogP contribution in [-0.4, -0.2) is 17.3 Å². The summed E-state index contributed by atoms with van der Waals surface area (Å²) in [7, 11) is 1.51. The lowest BCUT2D eigenvalue weighted by Crippen LogP contribution is -2.33. The fraction of sp³-hybridized carbons (Fsp3) is 0.133. The Morgan fingerprint density at radius 3 is 2.50 bits per heavy atom. The van der Waals surface area contributed by atoms with Gasteiger partial charge in [-0.15, -0.1) is 0 Å². The number of rotatable bonds is 4. The predicted octanol–water partition coefficient (Wildman–Crippen LogP) is 2.32. The van der Waals surface area contributed by atoms with Crippen molar-refractivity contribution >= 4 is 17.3 Å². The third-order valence-electron chi connectivity index (χ3n) is 2.96. The molecule has 0 amide bonds. The van der Waals surface area contributed by atoms with Crippen molar-refractivity contribution in [2.45, 2.75) is 6.04 Å². The molecule has 0 saturated carbocycles. The van der Waals surface area contributed by atoms with E-state index in [2.05, 4.69) is 5.32 Å². The van der Waals surface area contributed by atoms with E-state index in [1.54, 1.807) is 18.2 Å². The van der Waals surface area contributed by atoms with E-state index in [1.165, 1.54) is 7.11 Å². The molecule has 0 aliphatic carbocycles.